The Hall–Kier alpha value is -1.92. The minimum atomic E-state index is -0.157. The van der Waals surface area contributed by atoms with E-state index in [1.807, 2.05) is 38.1 Å². The molecule has 0 aromatic heterocycles. The number of nitrogens with one attached hydrogen (secondary N) is 1. The van der Waals surface area contributed by atoms with Crippen molar-refractivity contribution in [1.29, 1.82) is 0 Å². The monoisotopic (exact) mass is 303 g/mol. The number of ether oxygens (including phenoxy) is 1. The van der Waals surface area contributed by atoms with Crippen molar-refractivity contribution in [2.24, 2.45) is 0 Å². The summed E-state index contributed by atoms with van der Waals surface area (Å²) in [4.78, 5) is 28.1. The van der Waals surface area contributed by atoms with Gasteiger partial charge in [-0.1, -0.05) is 12.1 Å². The molecule has 2 amide bonds. The zero-order chi connectivity index (χ0) is 15.7. The molecule has 1 aromatic rings. The summed E-state index contributed by atoms with van der Waals surface area (Å²) in [5, 5.41) is 2.80. The fourth-order valence-electron chi connectivity index (χ4n) is 3.15. The summed E-state index contributed by atoms with van der Waals surface area (Å²) in [5.41, 5.74) is 1.46. The number of anilines is 2. The van der Waals surface area contributed by atoms with E-state index < -0.39 is 0 Å². The van der Waals surface area contributed by atoms with Crippen LogP contribution in [0, 0.1) is 0 Å². The second-order valence-electron chi connectivity index (χ2n) is 6.00. The number of hydrogen-bond acceptors (Lipinski definition) is 4. The first-order chi connectivity index (χ1) is 10.5. The molecule has 0 unspecified atom stereocenters. The highest BCUT2D eigenvalue weighted by Crippen LogP contribution is 2.29. The number of amides is 2. The molecule has 0 radical (unpaired) electrons. The van der Waals surface area contributed by atoms with Crippen molar-refractivity contribution in [1.82, 2.24) is 4.90 Å². The van der Waals surface area contributed by atoms with Gasteiger partial charge in [-0.3, -0.25) is 19.4 Å². The highest BCUT2D eigenvalue weighted by Gasteiger charge is 2.30. The first kappa shape index (κ1) is 15.0. The van der Waals surface area contributed by atoms with Crippen LogP contribution in [0.25, 0.3) is 0 Å². The molecule has 1 aromatic carbocycles. The number of carbonyl (C=O) groups is 2. The van der Waals surface area contributed by atoms with Crippen molar-refractivity contribution >= 4 is 23.2 Å². The Kier molecular flexibility index (Phi) is 4.13. The number of hydrogen-bond donors (Lipinski definition) is 1. The van der Waals surface area contributed by atoms with Crippen LogP contribution < -0.4 is 10.2 Å². The van der Waals surface area contributed by atoms with Gasteiger partial charge in [-0.2, -0.15) is 0 Å². The molecule has 2 aliphatic heterocycles. The Morgan fingerprint density at radius 2 is 1.95 bits per heavy atom. The van der Waals surface area contributed by atoms with Gasteiger partial charge in [0, 0.05) is 13.1 Å². The van der Waals surface area contributed by atoms with Gasteiger partial charge in [0.25, 0.3) is 0 Å². The van der Waals surface area contributed by atoms with E-state index in [0.29, 0.717) is 12.2 Å². The number of morpholine rings is 1. The Balaban J connectivity index is 1.74. The molecule has 6 nitrogen and oxygen atoms in total. The number of benzene rings is 1. The summed E-state index contributed by atoms with van der Waals surface area (Å²) in [6, 6.07) is 7.39. The summed E-state index contributed by atoms with van der Waals surface area (Å²) >= 11 is 0. The van der Waals surface area contributed by atoms with Gasteiger partial charge < -0.3 is 10.1 Å². The van der Waals surface area contributed by atoms with Crippen LogP contribution in [0.5, 0.6) is 0 Å². The van der Waals surface area contributed by atoms with Gasteiger partial charge in [0.2, 0.25) is 11.8 Å². The van der Waals surface area contributed by atoms with Gasteiger partial charge in [0.15, 0.2) is 0 Å². The van der Waals surface area contributed by atoms with Crippen molar-refractivity contribution < 1.29 is 14.3 Å². The molecule has 1 saturated heterocycles. The molecule has 6 heteroatoms. The van der Waals surface area contributed by atoms with E-state index in [1.54, 1.807) is 4.90 Å². The standard InChI is InChI=1S/C16H21N3O3/c1-11-7-18(8-12(2)22-11)10-16(21)19-9-15(20)17-13-5-3-4-6-14(13)19/h3-6,11-12H,7-10H2,1-2H3,(H,17,20)/t11-,12+. The first-order valence-corrected chi connectivity index (χ1v) is 7.60. The fraction of sp³-hybridized carbons (Fsp3) is 0.500. The molecule has 3 rings (SSSR count). The molecule has 0 spiro atoms. The molecule has 2 heterocycles. The van der Waals surface area contributed by atoms with E-state index in [9.17, 15) is 9.59 Å². The highest BCUT2D eigenvalue weighted by atomic mass is 16.5. The summed E-state index contributed by atoms with van der Waals surface area (Å²) < 4.78 is 5.69. The summed E-state index contributed by atoms with van der Waals surface area (Å²) in [7, 11) is 0. The zero-order valence-corrected chi connectivity index (χ0v) is 12.9. The minimum Gasteiger partial charge on any atom is -0.373 e. The van der Waals surface area contributed by atoms with Gasteiger partial charge in [-0.15, -0.1) is 0 Å². The van der Waals surface area contributed by atoms with E-state index in [2.05, 4.69) is 10.2 Å². The van der Waals surface area contributed by atoms with E-state index in [0.717, 1.165) is 18.8 Å². The molecule has 118 valence electrons. The molecule has 0 aliphatic carbocycles. The normalized spacial score (nSPS) is 25.5. The molecule has 2 aliphatic rings. The lowest BCUT2D eigenvalue weighted by Crippen LogP contribution is -2.51. The van der Waals surface area contributed by atoms with Crippen molar-refractivity contribution in [3.63, 3.8) is 0 Å². The fourth-order valence-corrected chi connectivity index (χ4v) is 3.15. The Morgan fingerprint density at radius 3 is 2.68 bits per heavy atom. The topological polar surface area (TPSA) is 61.9 Å². The molecule has 0 saturated carbocycles. The van der Waals surface area contributed by atoms with E-state index in [1.165, 1.54) is 0 Å². The van der Waals surface area contributed by atoms with Crippen LogP contribution in [0.2, 0.25) is 0 Å². The van der Waals surface area contributed by atoms with Gasteiger partial charge in [0.05, 0.1) is 30.1 Å². The van der Waals surface area contributed by atoms with Crippen LogP contribution in [-0.4, -0.2) is 55.1 Å². The third-order valence-electron chi connectivity index (χ3n) is 3.93. The minimum absolute atomic E-state index is 0.0522. The quantitative estimate of drug-likeness (QED) is 0.888. The van der Waals surface area contributed by atoms with Crippen LogP contribution in [0.1, 0.15) is 13.8 Å². The number of rotatable bonds is 2. The summed E-state index contributed by atoms with van der Waals surface area (Å²) in [6.07, 6.45) is 0.238. The Labute approximate surface area is 130 Å². The smallest absolute Gasteiger partial charge is 0.244 e. The number of para-hydroxylation sites is 2. The zero-order valence-electron chi connectivity index (χ0n) is 12.9. The van der Waals surface area contributed by atoms with Crippen LogP contribution in [0.4, 0.5) is 11.4 Å². The van der Waals surface area contributed by atoms with Crippen LogP contribution in [-0.2, 0) is 14.3 Å². The van der Waals surface area contributed by atoms with Crippen molar-refractivity contribution in [2.75, 3.05) is 36.4 Å². The number of nitrogens with zero attached hydrogens (tertiary/aromatic N) is 2. The van der Waals surface area contributed by atoms with Gasteiger partial charge in [0.1, 0.15) is 6.54 Å². The molecule has 22 heavy (non-hydrogen) atoms. The summed E-state index contributed by atoms with van der Waals surface area (Å²) in [6.45, 7) is 5.87. The van der Waals surface area contributed by atoms with Crippen molar-refractivity contribution in [3.8, 4) is 0 Å². The Morgan fingerprint density at radius 1 is 1.27 bits per heavy atom. The molecule has 2 atom stereocenters. The first-order valence-electron chi connectivity index (χ1n) is 7.60. The lowest BCUT2D eigenvalue weighted by Gasteiger charge is -2.36. The van der Waals surface area contributed by atoms with Crippen LogP contribution >= 0.6 is 0 Å². The van der Waals surface area contributed by atoms with Gasteiger partial charge in [-0.05, 0) is 26.0 Å². The summed E-state index contributed by atoms with van der Waals surface area (Å²) in [5.74, 6) is -0.209. The third kappa shape index (κ3) is 3.13. The average molecular weight is 303 g/mol. The molecule has 0 bridgehead atoms. The van der Waals surface area contributed by atoms with E-state index >= 15 is 0 Å². The van der Waals surface area contributed by atoms with E-state index in [4.69, 9.17) is 4.74 Å². The van der Waals surface area contributed by atoms with Gasteiger partial charge >= 0.3 is 0 Å². The predicted molar refractivity (Wildman–Crippen MR) is 83.9 cm³/mol. The molecule has 1 fully saturated rings. The molecule has 1 N–H and O–H groups in total. The average Bonchev–Trinajstić information content (AvgIpc) is 2.45. The molecular weight excluding hydrogens is 282 g/mol. The van der Waals surface area contributed by atoms with Gasteiger partial charge in [-0.25, -0.2) is 0 Å². The largest absolute Gasteiger partial charge is 0.373 e. The van der Waals surface area contributed by atoms with Crippen LogP contribution in [0.3, 0.4) is 0 Å². The van der Waals surface area contributed by atoms with E-state index in [-0.39, 0.29) is 30.6 Å². The maximum absolute atomic E-state index is 12.7. The Bertz CT molecular complexity index is 580. The maximum atomic E-state index is 12.7. The highest BCUT2D eigenvalue weighted by molar-refractivity contribution is 6.10. The lowest BCUT2D eigenvalue weighted by molar-refractivity contribution is -0.125. The lowest BCUT2D eigenvalue weighted by atomic mass is 10.2. The number of fused-ring (bicyclic) bond motifs is 1. The maximum Gasteiger partial charge on any atom is 0.244 e. The third-order valence-corrected chi connectivity index (χ3v) is 3.93. The SMILES string of the molecule is C[C@@H]1CN(CC(=O)N2CC(=O)Nc3ccccc32)C[C@H](C)O1. The molecular formula is C16H21N3O3. The second kappa shape index (κ2) is 6.06. The van der Waals surface area contributed by atoms with Crippen molar-refractivity contribution in [3.05, 3.63) is 24.3 Å². The van der Waals surface area contributed by atoms with Crippen LogP contribution in [0.15, 0.2) is 24.3 Å². The number of carbonyl (C=O) groups excluding carboxylic acids is 2. The van der Waals surface area contributed by atoms with Crippen molar-refractivity contribution in [2.45, 2.75) is 26.1 Å². The second-order valence-corrected chi connectivity index (χ2v) is 6.00. The predicted octanol–water partition coefficient (Wildman–Crippen LogP) is 1.08.